The summed E-state index contributed by atoms with van der Waals surface area (Å²) in [5.41, 5.74) is 8.94. The van der Waals surface area contributed by atoms with Gasteiger partial charge < -0.3 is 26.2 Å². The Balaban J connectivity index is 0.00000423. The van der Waals surface area contributed by atoms with E-state index in [1.807, 2.05) is 43.3 Å². The van der Waals surface area contributed by atoms with Gasteiger partial charge in [0, 0.05) is 11.1 Å². The molecular formula is C33H34ClN5O4. The highest BCUT2D eigenvalue weighted by Gasteiger charge is 2.38. The number of anilines is 2. The Bertz CT molecular complexity index is 1710. The van der Waals surface area contributed by atoms with Crippen molar-refractivity contribution in [1.29, 1.82) is 0 Å². The number of nitrogens with two attached hydrogens (primary N) is 1. The van der Waals surface area contributed by atoms with Crippen molar-refractivity contribution in [2.24, 2.45) is 5.73 Å². The number of aryl methyl sites for hydroxylation is 1. The van der Waals surface area contributed by atoms with Crippen LogP contribution in [0.15, 0.2) is 84.9 Å². The lowest BCUT2D eigenvalue weighted by Gasteiger charge is -2.27. The summed E-state index contributed by atoms with van der Waals surface area (Å²) in [6, 6.07) is 23.8. The average molecular weight is 600 g/mol. The normalized spacial score (nSPS) is 15.2. The second kappa shape index (κ2) is 13.1. The second-order valence-electron chi connectivity index (χ2n) is 10.4. The minimum atomic E-state index is -1.04. The van der Waals surface area contributed by atoms with Crippen LogP contribution in [0, 0.1) is 6.92 Å². The fraction of sp³-hybridized carbons (Fsp3) is 0.212. The van der Waals surface area contributed by atoms with Crippen LogP contribution in [0.4, 0.5) is 11.4 Å². The van der Waals surface area contributed by atoms with Crippen LogP contribution in [0.25, 0.3) is 10.8 Å². The van der Waals surface area contributed by atoms with Crippen LogP contribution in [-0.4, -0.2) is 49.3 Å². The summed E-state index contributed by atoms with van der Waals surface area (Å²) in [6.45, 7) is 3.82. The van der Waals surface area contributed by atoms with E-state index in [0.29, 0.717) is 11.4 Å². The van der Waals surface area contributed by atoms with Gasteiger partial charge in [0.05, 0.1) is 30.5 Å². The Morgan fingerprint density at radius 3 is 2.33 bits per heavy atom. The summed E-state index contributed by atoms with van der Waals surface area (Å²) in [4.78, 5) is 56.4. The molecule has 222 valence electrons. The molecule has 10 heteroatoms. The smallest absolute Gasteiger partial charge is 0.258 e. The predicted molar refractivity (Wildman–Crippen MR) is 171 cm³/mol. The largest absolute Gasteiger partial charge is 0.366 e. The number of carbonyl (C=O) groups excluding carboxylic acids is 4. The van der Waals surface area contributed by atoms with E-state index in [1.165, 1.54) is 17.0 Å². The molecule has 4 amide bonds. The van der Waals surface area contributed by atoms with Crippen LogP contribution in [0.2, 0.25) is 0 Å². The number of primary amides is 1. The Hall–Kier alpha value is -4.73. The third-order valence-electron chi connectivity index (χ3n) is 7.77. The zero-order chi connectivity index (χ0) is 30.0. The Kier molecular flexibility index (Phi) is 9.48. The lowest BCUT2D eigenvalue weighted by molar-refractivity contribution is -0.128. The van der Waals surface area contributed by atoms with Gasteiger partial charge in [-0.25, -0.2) is 0 Å². The number of nitrogens with one attached hydrogen (secondary N) is 2. The Morgan fingerprint density at radius 1 is 0.930 bits per heavy atom. The number of halogens is 1. The van der Waals surface area contributed by atoms with Crippen LogP contribution < -0.4 is 26.2 Å². The maximum atomic E-state index is 14.3. The molecule has 0 saturated heterocycles. The molecule has 9 nitrogen and oxygen atoms in total. The summed E-state index contributed by atoms with van der Waals surface area (Å²) in [7, 11) is 1.66. The number of benzene rings is 4. The van der Waals surface area contributed by atoms with Crippen molar-refractivity contribution < 1.29 is 19.2 Å². The number of fused-ring (bicyclic) bond motifs is 2. The Morgan fingerprint density at radius 2 is 1.60 bits per heavy atom. The first-order valence-electron chi connectivity index (χ1n) is 13.8. The molecule has 4 N–H and O–H groups in total. The molecule has 2 atom stereocenters. The van der Waals surface area contributed by atoms with Gasteiger partial charge in [-0.15, -0.1) is 12.4 Å². The zero-order valence-electron chi connectivity index (χ0n) is 24.2. The van der Waals surface area contributed by atoms with E-state index in [4.69, 9.17) is 5.73 Å². The van der Waals surface area contributed by atoms with Gasteiger partial charge in [0.2, 0.25) is 11.8 Å². The number of carbonyl (C=O) groups is 4. The lowest BCUT2D eigenvalue weighted by atomic mass is 9.99. The quantitative estimate of drug-likeness (QED) is 0.297. The van der Waals surface area contributed by atoms with Gasteiger partial charge in [0.25, 0.3) is 11.8 Å². The molecule has 1 aliphatic rings. The molecule has 2 unspecified atom stereocenters. The highest BCUT2D eigenvalue weighted by atomic mass is 35.5. The summed E-state index contributed by atoms with van der Waals surface area (Å²) >= 11 is 0. The van der Waals surface area contributed by atoms with Gasteiger partial charge in [-0.05, 0) is 73.1 Å². The molecular weight excluding hydrogens is 566 g/mol. The third kappa shape index (κ3) is 6.23. The maximum Gasteiger partial charge on any atom is 0.258 e. The lowest BCUT2D eigenvalue weighted by Crippen LogP contribution is -2.55. The monoisotopic (exact) mass is 599 g/mol. The number of amides is 4. The van der Waals surface area contributed by atoms with Crippen molar-refractivity contribution in [1.82, 2.24) is 10.6 Å². The average Bonchev–Trinajstić information content (AvgIpc) is 3.12. The molecule has 0 radical (unpaired) electrons. The van der Waals surface area contributed by atoms with E-state index in [2.05, 4.69) is 16.7 Å². The van der Waals surface area contributed by atoms with Crippen LogP contribution in [-0.2, 0) is 16.1 Å². The zero-order valence-corrected chi connectivity index (χ0v) is 25.0. The minimum Gasteiger partial charge on any atom is -0.366 e. The highest BCUT2D eigenvalue weighted by Crippen LogP contribution is 2.36. The number of para-hydroxylation sites is 2. The van der Waals surface area contributed by atoms with E-state index in [-0.39, 0.29) is 48.4 Å². The van der Waals surface area contributed by atoms with Gasteiger partial charge >= 0.3 is 0 Å². The fourth-order valence-corrected chi connectivity index (χ4v) is 5.25. The molecule has 0 spiro atoms. The standard InChI is InChI=1S/C33H33N5O4.ClH/c1-20-15-16-22-9-4-5-12-25(22)26(20)18-37-28-13-6-7-14-29(28)38(19-27(33(37)42)36-31(40)21(2)35-3)32(41)24-11-8-10-23(17-24)30(34)39;/h4-17,21,27,35H,18-19H2,1-3H3,(H2,34,39)(H,36,40);1H. The molecule has 0 saturated carbocycles. The first kappa shape index (κ1) is 31.2. The Labute approximate surface area is 256 Å². The number of hydrogen-bond acceptors (Lipinski definition) is 5. The third-order valence-corrected chi connectivity index (χ3v) is 7.77. The van der Waals surface area contributed by atoms with Crippen LogP contribution >= 0.6 is 12.4 Å². The van der Waals surface area contributed by atoms with Crippen molar-refractivity contribution in [3.63, 3.8) is 0 Å². The van der Waals surface area contributed by atoms with E-state index in [9.17, 15) is 19.2 Å². The second-order valence-corrected chi connectivity index (χ2v) is 10.4. The number of hydrogen-bond donors (Lipinski definition) is 3. The molecule has 5 rings (SSSR count). The molecule has 0 aliphatic carbocycles. The van der Waals surface area contributed by atoms with Crippen LogP contribution in [0.5, 0.6) is 0 Å². The summed E-state index contributed by atoms with van der Waals surface area (Å²) in [5, 5.41) is 7.83. The summed E-state index contributed by atoms with van der Waals surface area (Å²) < 4.78 is 0. The molecule has 0 fully saturated rings. The van der Waals surface area contributed by atoms with Crippen molar-refractivity contribution in [3.8, 4) is 0 Å². The van der Waals surface area contributed by atoms with Crippen molar-refractivity contribution in [3.05, 3.63) is 107 Å². The van der Waals surface area contributed by atoms with Crippen molar-refractivity contribution in [2.45, 2.75) is 32.5 Å². The fourth-order valence-electron chi connectivity index (χ4n) is 5.25. The van der Waals surface area contributed by atoms with E-state index >= 15 is 0 Å². The van der Waals surface area contributed by atoms with Crippen LogP contribution in [0.3, 0.4) is 0 Å². The molecule has 0 bridgehead atoms. The summed E-state index contributed by atoms with van der Waals surface area (Å²) in [6.07, 6.45) is 0. The SMILES string of the molecule is CNC(C)C(=O)NC1CN(C(=O)c2cccc(C(N)=O)c2)c2ccccc2N(Cc2c(C)ccc3ccccc23)C1=O.Cl. The molecule has 4 aromatic rings. The van der Waals surface area contributed by atoms with Gasteiger partial charge in [0.1, 0.15) is 6.04 Å². The summed E-state index contributed by atoms with van der Waals surface area (Å²) in [5.74, 6) is -1.79. The minimum absolute atomic E-state index is 0. The number of nitrogens with zero attached hydrogens (tertiary/aromatic N) is 2. The first-order valence-corrected chi connectivity index (χ1v) is 13.8. The van der Waals surface area contributed by atoms with Gasteiger partial charge in [-0.3, -0.25) is 19.2 Å². The molecule has 1 heterocycles. The van der Waals surface area contributed by atoms with E-state index in [0.717, 1.165) is 21.9 Å². The topological polar surface area (TPSA) is 125 Å². The predicted octanol–water partition coefficient (Wildman–Crippen LogP) is 3.96. The highest BCUT2D eigenvalue weighted by molar-refractivity contribution is 6.13. The molecule has 0 aromatic heterocycles. The maximum absolute atomic E-state index is 14.3. The van der Waals surface area contributed by atoms with E-state index in [1.54, 1.807) is 49.2 Å². The molecule has 43 heavy (non-hydrogen) atoms. The first-order chi connectivity index (χ1) is 20.2. The van der Waals surface area contributed by atoms with Gasteiger partial charge in [-0.1, -0.05) is 54.6 Å². The van der Waals surface area contributed by atoms with Gasteiger partial charge in [-0.2, -0.15) is 0 Å². The van der Waals surface area contributed by atoms with Crippen molar-refractivity contribution in [2.75, 3.05) is 23.4 Å². The number of likely N-dealkylation sites (N-methyl/N-ethyl adjacent to an activating group) is 1. The van der Waals surface area contributed by atoms with Gasteiger partial charge in [0.15, 0.2) is 0 Å². The molecule has 1 aliphatic heterocycles. The van der Waals surface area contributed by atoms with E-state index < -0.39 is 23.9 Å². The van der Waals surface area contributed by atoms with Crippen LogP contribution in [0.1, 0.15) is 38.8 Å². The molecule has 4 aromatic carbocycles. The number of rotatable bonds is 7. The van der Waals surface area contributed by atoms with Crippen molar-refractivity contribution >= 4 is 58.2 Å².